The molecule has 0 saturated heterocycles. The molecule has 0 radical (unpaired) electrons. The minimum absolute atomic E-state index is 0.0710. The summed E-state index contributed by atoms with van der Waals surface area (Å²) in [4.78, 5) is 20.1. The predicted octanol–water partition coefficient (Wildman–Crippen LogP) is 7.05. The summed E-state index contributed by atoms with van der Waals surface area (Å²) >= 11 is 13.9. The Hall–Kier alpha value is -4.04. The monoisotopic (exact) mass is 641 g/mol. The molecule has 44 heavy (non-hydrogen) atoms. The molecule has 2 aromatic heterocycles. The van der Waals surface area contributed by atoms with Crippen molar-refractivity contribution in [3.05, 3.63) is 136 Å². The lowest BCUT2D eigenvalue weighted by Gasteiger charge is -2.31. The quantitative estimate of drug-likeness (QED) is 0.207. The first-order valence-corrected chi connectivity index (χ1v) is 15.9. The molecule has 0 bridgehead atoms. The predicted molar refractivity (Wildman–Crippen MR) is 178 cm³/mol. The number of thiazole rings is 1. The molecule has 0 saturated carbocycles. The summed E-state index contributed by atoms with van der Waals surface area (Å²) in [5.74, 6) is 1.27. The molecule has 2 aliphatic rings. The largest absolute Gasteiger partial charge is 0.493 e. The summed E-state index contributed by atoms with van der Waals surface area (Å²) in [5.41, 5.74) is 9.26. The molecular weight excluding hydrogens is 613 g/mol. The van der Waals surface area contributed by atoms with Crippen molar-refractivity contribution in [2.24, 2.45) is 4.99 Å². The standard InChI is InChI=1S/C35H29Cl2N3O3S/c1-19-15-23(20(2)39(19)24-11-13-27(36)28(37)18-24)17-31-34(41)40-33(22-10-14-29(42-3)30(16-22)43-4)26-12-9-21-7-5-6-8-25(21)32(26)38-35(40)44-31/h5-8,10-11,13-18,33H,9,12H2,1-4H3/b31-17+/t33-/m1/s1. The van der Waals surface area contributed by atoms with Crippen LogP contribution in [-0.2, 0) is 6.42 Å². The van der Waals surface area contributed by atoms with Crippen molar-refractivity contribution < 1.29 is 9.47 Å². The van der Waals surface area contributed by atoms with Gasteiger partial charge in [0.15, 0.2) is 16.3 Å². The van der Waals surface area contributed by atoms with Gasteiger partial charge >= 0.3 is 0 Å². The molecule has 222 valence electrons. The number of aryl methyl sites for hydroxylation is 2. The SMILES string of the molecule is COc1ccc([C@@H]2C3=C(N=c4s/c(=C/c5cc(C)n(-c6ccc(Cl)c(Cl)c6)c5C)c(=O)n42)c2ccccc2CC3)cc1OC. The van der Waals surface area contributed by atoms with Crippen LogP contribution in [-0.4, -0.2) is 23.4 Å². The lowest BCUT2D eigenvalue weighted by molar-refractivity contribution is 0.354. The van der Waals surface area contributed by atoms with E-state index in [-0.39, 0.29) is 11.6 Å². The number of fused-ring (bicyclic) bond motifs is 3. The molecule has 6 nitrogen and oxygen atoms in total. The number of methoxy groups -OCH3 is 2. The Labute approximate surface area is 268 Å². The average Bonchev–Trinajstić information content (AvgIpc) is 3.50. The van der Waals surface area contributed by atoms with E-state index in [0.29, 0.717) is 30.9 Å². The topological polar surface area (TPSA) is 57.8 Å². The third-order valence-corrected chi connectivity index (χ3v) is 10.2. The minimum atomic E-state index is -0.319. The number of allylic oxidation sites excluding steroid dienone is 1. The molecule has 1 aliphatic carbocycles. The Morgan fingerprint density at radius 3 is 2.50 bits per heavy atom. The van der Waals surface area contributed by atoms with Crippen molar-refractivity contribution in [1.29, 1.82) is 0 Å². The van der Waals surface area contributed by atoms with Crippen LogP contribution >= 0.6 is 34.5 Å². The molecule has 0 spiro atoms. The fourth-order valence-corrected chi connectivity index (χ4v) is 7.73. The van der Waals surface area contributed by atoms with Crippen LogP contribution in [0.5, 0.6) is 11.5 Å². The highest BCUT2D eigenvalue weighted by Gasteiger charge is 2.33. The summed E-state index contributed by atoms with van der Waals surface area (Å²) in [6.07, 6.45) is 3.67. The zero-order valence-corrected chi connectivity index (χ0v) is 27.0. The van der Waals surface area contributed by atoms with Gasteiger partial charge in [0.25, 0.3) is 5.56 Å². The van der Waals surface area contributed by atoms with Crippen LogP contribution < -0.4 is 24.4 Å². The van der Waals surface area contributed by atoms with Crippen LogP contribution in [0.15, 0.2) is 82.1 Å². The summed E-state index contributed by atoms with van der Waals surface area (Å²) in [6, 6.07) is 21.7. The van der Waals surface area contributed by atoms with E-state index in [1.54, 1.807) is 20.3 Å². The molecule has 9 heteroatoms. The zero-order chi connectivity index (χ0) is 30.7. The second-order valence-electron chi connectivity index (χ2n) is 11.0. The highest BCUT2D eigenvalue weighted by molar-refractivity contribution is 7.07. The summed E-state index contributed by atoms with van der Waals surface area (Å²) in [7, 11) is 3.25. The molecule has 3 aromatic carbocycles. The first-order chi connectivity index (χ1) is 21.3. The van der Waals surface area contributed by atoms with Gasteiger partial charge in [0, 0.05) is 22.6 Å². The Morgan fingerprint density at radius 2 is 1.73 bits per heavy atom. The summed E-state index contributed by atoms with van der Waals surface area (Å²) in [6.45, 7) is 4.08. The number of aromatic nitrogens is 2. The number of benzene rings is 3. The number of nitrogens with zero attached hydrogens (tertiary/aromatic N) is 3. The second kappa shape index (κ2) is 11.1. The normalized spacial score (nSPS) is 15.9. The highest BCUT2D eigenvalue weighted by Crippen LogP contribution is 2.43. The zero-order valence-electron chi connectivity index (χ0n) is 24.7. The van der Waals surface area contributed by atoms with Gasteiger partial charge in [-0.25, -0.2) is 4.99 Å². The Bertz CT molecular complexity index is 2190. The van der Waals surface area contributed by atoms with Crippen LogP contribution in [0.25, 0.3) is 17.5 Å². The maximum Gasteiger partial charge on any atom is 0.271 e. The molecule has 1 aliphatic heterocycles. The van der Waals surface area contributed by atoms with E-state index in [0.717, 1.165) is 57.9 Å². The van der Waals surface area contributed by atoms with E-state index in [9.17, 15) is 4.79 Å². The highest BCUT2D eigenvalue weighted by atomic mass is 35.5. The second-order valence-corrected chi connectivity index (χ2v) is 12.8. The van der Waals surface area contributed by atoms with E-state index >= 15 is 0 Å². The third kappa shape index (κ3) is 4.62. The number of ether oxygens (including phenoxy) is 2. The summed E-state index contributed by atoms with van der Waals surface area (Å²) in [5, 5.41) is 1.00. The molecule has 0 amide bonds. The van der Waals surface area contributed by atoms with Gasteiger partial charge in [0.05, 0.1) is 40.5 Å². The lowest BCUT2D eigenvalue weighted by atomic mass is 9.83. The number of hydrogen-bond acceptors (Lipinski definition) is 5. The molecule has 3 heterocycles. The maximum atomic E-state index is 14.3. The number of hydrogen-bond donors (Lipinski definition) is 0. The van der Waals surface area contributed by atoms with Gasteiger partial charge in [0.2, 0.25) is 0 Å². The summed E-state index contributed by atoms with van der Waals surface area (Å²) < 4.78 is 15.8. The molecular formula is C35H29Cl2N3O3S. The van der Waals surface area contributed by atoms with Crippen molar-refractivity contribution in [1.82, 2.24) is 9.13 Å². The van der Waals surface area contributed by atoms with Gasteiger partial charge in [-0.05, 0) is 91.4 Å². The van der Waals surface area contributed by atoms with Crippen molar-refractivity contribution >= 4 is 46.3 Å². The van der Waals surface area contributed by atoms with Gasteiger partial charge in [-0.1, -0.05) is 64.9 Å². The van der Waals surface area contributed by atoms with Crippen LogP contribution in [0.1, 0.15) is 46.1 Å². The lowest BCUT2D eigenvalue weighted by Crippen LogP contribution is -2.38. The van der Waals surface area contributed by atoms with Crippen LogP contribution in [0.3, 0.4) is 0 Å². The van der Waals surface area contributed by atoms with Crippen molar-refractivity contribution in [3.63, 3.8) is 0 Å². The molecule has 0 fully saturated rings. The maximum absolute atomic E-state index is 14.3. The Kier molecular flexibility index (Phi) is 7.28. The van der Waals surface area contributed by atoms with Crippen molar-refractivity contribution in [3.8, 4) is 17.2 Å². The molecule has 5 aromatic rings. The van der Waals surface area contributed by atoms with Gasteiger partial charge < -0.3 is 14.0 Å². The van der Waals surface area contributed by atoms with Crippen LogP contribution in [0, 0.1) is 13.8 Å². The van der Waals surface area contributed by atoms with Crippen LogP contribution in [0.2, 0.25) is 10.0 Å². The average molecular weight is 643 g/mol. The fraction of sp³-hybridized carbons (Fsp3) is 0.200. The Morgan fingerprint density at radius 1 is 0.932 bits per heavy atom. The van der Waals surface area contributed by atoms with E-state index in [2.05, 4.69) is 34.9 Å². The molecule has 0 N–H and O–H groups in total. The minimum Gasteiger partial charge on any atom is -0.493 e. The first-order valence-electron chi connectivity index (χ1n) is 14.3. The molecule has 1 atom stereocenters. The van der Waals surface area contributed by atoms with E-state index in [1.165, 1.54) is 16.9 Å². The van der Waals surface area contributed by atoms with Crippen LogP contribution in [0.4, 0.5) is 0 Å². The fourth-order valence-electron chi connectivity index (χ4n) is 6.44. The van der Waals surface area contributed by atoms with Crippen molar-refractivity contribution in [2.75, 3.05) is 14.2 Å². The number of rotatable bonds is 5. The van der Waals surface area contributed by atoms with E-state index in [4.69, 9.17) is 37.7 Å². The molecule has 0 unspecified atom stereocenters. The number of halogens is 2. The van der Waals surface area contributed by atoms with Gasteiger partial charge in [0.1, 0.15) is 0 Å². The van der Waals surface area contributed by atoms with E-state index < -0.39 is 0 Å². The third-order valence-electron chi connectivity index (χ3n) is 8.51. The van der Waals surface area contributed by atoms with E-state index in [1.807, 2.05) is 54.8 Å². The van der Waals surface area contributed by atoms with Gasteiger partial charge in [-0.15, -0.1) is 0 Å². The van der Waals surface area contributed by atoms with Crippen molar-refractivity contribution in [2.45, 2.75) is 32.7 Å². The first kappa shape index (κ1) is 28.7. The Balaban J connectivity index is 1.43. The van der Waals surface area contributed by atoms with Gasteiger partial charge in [-0.3, -0.25) is 9.36 Å². The smallest absolute Gasteiger partial charge is 0.271 e. The van der Waals surface area contributed by atoms with Gasteiger partial charge in [-0.2, -0.15) is 0 Å². The molecule has 7 rings (SSSR count).